The number of amides is 1. The van der Waals surface area contributed by atoms with Crippen LogP contribution in [0.4, 0.5) is 0 Å². The predicted molar refractivity (Wildman–Crippen MR) is 93.6 cm³/mol. The Morgan fingerprint density at radius 2 is 1.96 bits per heavy atom. The quantitative estimate of drug-likeness (QED) is 0.650. The van der Waals surface area contributed by atoms with Crippen LogP contribution in [-0.2, 0) is 4.79 Å². The molecule has 0 aliphatic carbocycles. The third-order valence-corrected chi connectivity index (χ3v) is 3.77. The van der Waals surface area contributed by atoms with Crippen molar-refractivity contribution in [2.45, 2.75) is 13.8 Å². The first kappa shape index (κ1) is 17.3. The summed E-state index contributed by atoms with van der Waals surface area (Å²) in [5, 5.41) is 4.75. The van der Waals surface area contributed by atoms with Gasteiger partial charge in [0.1, 0.15) is 5.75 Å². The summed E-state index contributed by atoms with van der Waals surface area (Å²) in [4.78, 5) is 11.7. The number of carbonyl (C=O) groups excluding carboxylic acids is 1. The molecule has 0 radical (unpaired) electrons. The minimum Gasteiger partial charge on any atom is -0.483 e. The van der Waals surface area contributed by atoms with Gasteiger partial charge in [0.15, 0.2) is 6.61 Å². The molecular weight excluding hydrogens is 335 g/mol. The number of nitrogens with one attached hydrogen (secondary N) is 1. The van der Waals surface area contributed by atoms with Crippen molar-refractivity contribution in [2.75, 3.05) is 6.61 Å². The Morgan fingerprint density at radius 3 is 2.65 bits per heavy atom. The molecule has 0 atom stereocenters. The molecule has 0 aliphatic rings. The van der Waals surface area contributed by atoms with E-state index in [0.717, 1.165) is 16.7 Å². The van der Waals surface area contributed by atoms with Crippen molar-refractivity contribution >= 4 is 35.3 Å². The van der Waals surface area contributed by atoms with Crippen LogP contribution < -0.4 is 10.2 Å². The van der Waals surface area contributed by atoms with Gasteiger partial charge >= 0.3 is 0 Å². The molecule has 0 aromatic heterocycles. The fourth-order valence-corrected chi connectivity index (χ4v) is 2.21. The van der Waals surface area contributed by atoms with E-state index in [0.29, 0.717) is 15.8 Å². The van der Waals surface area contributed by atoms with E-state index in [9.17, 15) is 4.79 Å². The molecule has 0 aliphatic heterocycles. The van der Waals surface area contributed by atoms with E-state index in [2.05, 4.69) is 10.5 Å². The van der Waals surface area contributed by atoms with Crippen LogP contribution in [0.5, 0.6) is 5.75 Å². The Labute approximate surface area is 145 Å². The summed E-state index contributed by atoms with van der Waals surface area (Å²) < 4.78 is 5.47. The van der Waals surface area contributed by atoms with Crippen molar-refractivity contribution in [1.82, 2.24) is 5.43 Å². The van der Waals surface area contributed by atoms with Crippen LogP contribution in [0.3, 0.4) is 0 Å². The van der Waals surface area contributed by atoms with Crippen LogP contribution in [-0.4, -0.2) is 18.7 Å². The van der Waals surface area contributed by atoms with Crippen molar-refractivity contribution in [3.63, 3.8) is 0 Å². The average Bonchev–Trinajstić information content (AvgIpc) is 2.50. The summed E-state index contributed by atoms with van der Waals surface area (Å²) in [6.07, 6.45) is 1.48. The van der Waals surface area contributed by atoms with Crippen LogP contribution in [0.15, 0.2) is 41.5 Å². The van der Waals surface area contributed by atoms with Gasteiger partial charge in [-0.1, -0.05) is 47.0 Å². The molecule has 1 amide bonds. The second-order valence-corrected chi connectivity index (χ2v) is 5.84. The van der Waals surface area contributed by atoms with E-state index in [-0.39, 0.29) is 12.5 Å². The number of halogens is 2. The maximum absolute atomic E-state index is 11.7. The average molecular weight is 351 g/mol. The second-order valence-electron chi connectivity index (χ2n) is 5.02. The van der Waals surface area contributed by atoms with Crippen molar-refractivity contribution in [3.8, 4) is 5.75 Å². The van der Waals surface area contributed by atoms with Gasteiger partial charge in [-0.25, -0.2) is 5.43 Å². The second kappa shape index (κ2) is 7.99. The molecule has 2 rings (SSSR count). The molecular formula is C17H16Cl2N2O2. The molecule has 2 aromatic carbocycles. The van der Waals surface area contributed by atoms with E-state index >= 15 is 0 Å². The number of aryl methyl sites for hydroxylation is 2. The van der Waals surface area contributed by atoms with Crippen LogP contribution >= 0.6 is 23.2 Å². The SMILES string of the molecule is Cc1ccc(OCC(=O)N/N=C/c2ccc(Cl)c(Cl)c2)c(C)c1. The summed E-state index contributed by atoms with van der Waals surface area (Å²) >= 11 is 11.7. The van der Waals surface area contributed by atoms with Gasteiger partial charge in [-0.15, -0.1) is 0 Å². The van der Waals surface area contributed by atoms with Crippen LogP contribution in [0, 0.1) is 13.8 Å². The van der Waals surface area contributed by atoms with E-state index < -0.39 is 0 Å². The minimum absolute atomic E-state index is 0.109. The molecule has 0 saturated heterocycles. The first-order valence-electron chi connectivity index (χ1n) is 6.92. The first-order valence-corrected chi connectivity index (χ1v) is 7.68. The van der Waals surface area contributed by atoms with Gasteiger partial charge < -0.3 is 4.74 Å². The number of hydrogen-bond donors (Lipinski definition) is 1. The van der Waals surface area contributed by atoms with E-state index in [1.807, 2.05) is 32.0 Å². The largest absolute Gasteiger partial charge is 0.483 e. The molecule has 120 valence electrons. The number of ether oxygens (including phenoxy) is 1. The van der Waals surface area contributed by atoms with Gasteiger partial charge in [0, 0.05) is 0 Å². The van der Waals surface area contributed by atoms with Gasteiger partial charge in [0.2, 0.25) is 0 Å². The Bertz CT molecular complexity index is 745. The fourth-order valence-electron chi connectivity index (χ4n) is 1.91. The van der Waals surface area contributed by atoms with Gasteiger partial charge in [-0.2, -0.15) is 5.10 Å². The molecule has 0 fully saturated rings. The highest BCUT2D eigenvalue weighted by Gasteiger charge is 2.04. The van der Waals surface area contributed by atoms with Crippen molar-refractivity contribution in [2.24, 2.45) is 5.10 Å². The fraction of sp³-hybridized carbons (Fsp3) is 0.176. The third-order valence-electron chi connectivity index (χ3n) is 3.04. The maximum atomic E-state index is 11.7. The molecule has 0 heterocycles. The van der Waals surface area contributed by atoms with Crippen molar-refractivity contribution in [1.29, 1.82) is 0 Å². The lowest BCUT2D eigenvalue weighted by atomic mass is 10.1. The Balaban J connectivity index is 1.85. The summed E-state index contributed by atoms with van der Waals surface area (Å²) in [5.74, 6) is 0.334. The maximum Gasteiger partial charge on any atom is 0.277 e. The van der Waals surface area contributed by atoms with Gasteiger partial charge in [0.05, 0.1) is 16.3 Å². The van der Waals surface area contributed by atoms with E-state index in [1.54, 1.807) is 18.2 Å². The molecule has 6 heteroatoms. The molecule has 4 nitrogen and oxygen atoms in total. The summed E-state index contributed by atoms with van der Waals surface area (Å²) in [6.45, 7) is 3.83. The normalized spacial score (nSPS) is 10.8. The molecule has 2 aromatic rings. The third kappa shape index (κ3) is 5.27. The molecule has 0 spiro atoms. The number of hydrogen-bond acceptors (Lipinski definition) is 3. The number of hydrazone groups is 1. The molecule has 1 N–H and O–H groups in total. The number of carbonyl (C=O) groups is 1. The lowest BCUT2D eigenvalue weighted by Crippen LogP contribution is -2.24. The predicted octanol–water partition coefficient (Wildman–Crippen LogP) is 4.14. The standard InChI is InChI=1S/C17H16Cl2N2O2/c1-11-3-6-16(12(2)7-11)23-10-17(22)21-20-9-13-4-5-14(18)15(19)8-13/h3-9H,10H2,1-2H3,(H,21,22)/b20-9+. The molecule has 0 unspecified atom stereocenters. The summed E-state index contributed by atoms with van der Waals surface area (Å²) in [5.41, 5.74) is 5.25. The van der Waals surface area contributed by atoms with E-state index in [1.165, 1.54) is 6.21 Å². The highest BCUT2D eigenvalue weighted by atomic mass is 35.5. The Hall–Kier alpha value is -2.04. The number of rotatable bonds is 5. The van der Waals surface area contributed by atoms with E-state index in [4.69, 9.17) is 27.9 Å². The van der Waals surface area contributed by atoms with Crippen LogP contribution in [0.25, 0.3) is 0 Å². The first-order chi connectivity index (χ1) is 11.0. The van der Waals surface area contributed by atoms with Gasteiger partial charge in [-0.3, -0.25) is 4.79 Å². The zero-order valence-corrected chi connectivity index (χ0v) is 14.3. The van der Waals surface area contributed by atoms with Gasteiger partial charge in [-0.05, 0) is 43.2 Å². The van der Waals surface area contributed by atoms with Gasteiger partial charge in [0.25, 0.3) is 5.91 Å². The lowest BCUT2D eigenvalue weighted by molar-refractivity contribution is -0.123. The lowest BCUT2D eigenvalue weighted by Gasteiger charge is -2.08. The van der Waals surface area contributed by atoms with Crippen LogP contribution in [0.1, 0.15) is 16.7 Å². The topological polar surface area (TPSA) is 50.7 Å². The monoisotopic (exact) mass is 350 g/mol. The van der Waals surface area contributed by atoms with Crippen molar-refractivity contribution in [3.05, 3.63) is 63.1 Å². The zero-order valence-electron chi connectivity index (χ0n) is 12.8. The van der Waals surface area contributed by atoms with Crippen molar-refractivity contribution < 1.29 is 9.53 Å². The summed E-state index contributed by atoms with van der Waals surface area (Å²) in [6, 6.07) is 10.8. The minimum atomic E-state index is -0.346. The molecule has 0 bridgehead atoms. The number of benzene rings is 2. The number of nitrogens with zero attached hydrogens (tertiary/aromatic N) is 1. The van der Waals surface area contributed by atoms with Crippen LogP contribution in [0.2, 0.25) is 10.0 Å². The smallest absolute Gasteiger partial charge is 0.277 e. The molecule has 0 saturated carbocycles. The Morgan fingerprint density at radius 1 is 1.17 bits per heavy atom. The summed E-state index contributed by atoms with van der Waals surface area (Å²) in [7, 11) is 0. The molecule has 23 heavy (non-hydrogen) atoms. The highest BCUT2D eigenvalue weighted by Crippen LogP contribution is 2.21. The highest BCUT2D eigenvalue weighted by molar-refractivity contribution is 6.42. The zero-order chi connectivity index (χ0) is 16.8. The Kier molecular flexibility index (Phi) is 6.02.